The van der Waals surface area contributed by atoms with Gasteiger partial charge in [-0.2, -0.15) is 4.98 Å². The number of likely N-dealkylation sites (tertiary alicyclic amines) is 1. The molecule has 5 aliphatic heterocycles. The van der Waals surface area contributed by atoms with Crippen molar-refractivity contribution in [3.8, 4) is 5.75 Å². The summed E-state index contributed by atoms with van der Waals surface area (Å²) in [6.45, 7) is 7.68. The molecule has 7 heterocycles. The Balaban J connectivity index is 0.785. The summed E-state index contributed by atoms with van der Waals surface area (Å²) in [6, 6.07) is 9.03. The number of likely N-dealkylation sites (N-methyl/N-ethyl adjacent to an activating group) is 1. The summed E-state index contributed by atoms with van der Waals surface area (Å²) in [6.07, 6.45) is 6.14. The molecule has 4 aromatic rings. The first-order chi connectivity index (χ1) is 31.6. The van der Waals surface area contributed by atoms with E-state index in [0.717, 1.165) is 38.8 Å². The van der Waals surface area contributed by atoms with Gasteiger partial charge >= 0.3 is 0 Å². The zero-order valence-corrected chi connectivity index (χ0v) is 38.2. The molecule has 5 aliphatic rings. The topological polar surface area (TPSA) is 174 Å². The maximum Gasteiger partial charge on any atom is 0.293 e. The number of carbonyl (C=O) groups excluding carboxylic acids is 4. The molecule has 0 aliphatic carbocycles. The minimum absolute atomic E-state index is 0.0600. The van der Waals surface area contributed by atoms with Gasteiger partial charge in [0.15, 0.2) is 18.2 Å². The fraction of sp³-hybridized carbons (Fsp3) is 0.511. The molecule has 4 fully saturated rings. The number of aromatic nitrogens is 3. The number of hydrogen-bond acceptors (Lipinski definition) is 12. The van der Waals surface area contributed by atoms with Gasteiger partial charge in [0.05, 0.1) is 17.4 Å². The van der Waals surface area contributed by atoms with E-state index in [4.69, 9.17) is 21.3 Å². The molecule has 0 radical (unpaired) electrons. The minimum atomic E-state index is -1.37. The number of nitrogens with zero attached hydrogens (tertiary/aromatic N) is 7. The molecule has 3 N–H and O–H groups in total. The number of rotatable bonds is 11. The van der Waals surface area contributed by atoms with Crippen LogP contribution >= 0.6 is 11.6 Å². The van der Waals surface area contributed by atoms with Crippen molar-refractivity contribution < 1.29 is 32.7 Å². The summed E-state index contributed by atoms with van der Waals surface area (Å²) < 4.78 is 39.4. The Bertz CT molecular complexity index is 2640. The van der Waals surface area contributed by atoms with Crippen LogP contribution < -0.4 is 36.0 Å². The van der Waals surface area contributed by atoms with Crippen molar-refractivity contribution in [2.24, 2.45) is 5.41 Å². The van der Waals surface area contributed by atoms with E-state index in [1.165, 1.54) is 30.3 Å². The summed E-state index contributed by atoms with van der Waals surface area (Å²) in [5, 5.41) is 9.11. The quantitative estimate of drug-likeness (QED) is 0.162. The van der Waals surface area contributed by atoms with E-state index in [0.29, 0.717) is 95.8 Å². The Morgan fingerprint density at radius 3 is 2.38 bits per heavy atom. The highest BCUT2D eigenvalue weighted by molar-refractivity contribution is 6.33. The van der Waals surface area contributed by atoms with Gasteiger partial charge in [-0.15, -0.1) is 0 Å². The minimum Gasteiger partial charge on any atom is -0.478 e. The molecule has 0 bridgehead atoms. The number of nitrogens with one attached hydrogen (secondary N) is 3. The number of ether oxygens (including phenoxy) is 1. The number of fused-ring (bicyclic) bond motifs is 2. The van der Waals surface area contributed by atoms with Crippen molar-refractivity contribution in [1.29, 1.82) is 0 Å². The summed E-state index contributed by atoms with van der Waals surface area (Å²) in [7, 11) is 1.50. The van der Waals surface area contributed by atoms with Crippen molar-refractivity contribution in [1.82, 2.24) is 35.0 Å². The Morgan fingerprint density at radius 2 is 1.68 bits per heavy atom. The molecule has 0 saturated carbocycles. The van der Waals surface area contributed by atoms with E-state index >= 15 is 8.78 Å². The molecular formula is C47H55ClF2N10O6. The number of alkyl halides is 1. The van der Waals surface area contributed by atoms with Crippen LogP contribution in [0.1, 0.15) is 87.2 Å². The second-order valence-corrected chi connectivity index (χ2v) is 19.1. The molecule has 16 nitrogen and oxygen atoms in total. The molecular weight excluding hydrogens is 874 g/mol. The Morgan fingerprint density at radius 1 is 0.970 bits per heavy atom. The molecule has 2 aromatic carbocycles. The maximum absolute atomic E-state index is 16.6. The first-order valence-electron chi connectivity index (χ1n) is 22.8. The van der Waals surface area contributed by atoms with Crippen LogP contribution in [0.15, 0.2) is 47.4 Å². The van der Waals surface area contributed by atoms with Crippen molar-refractivity contribution in [3.05, 3.63) is 74.9 Å². The van der Waals surface area contributed by atoms with Crippen molar-refractivity contribution in [2.75, 3.05) is 74.6 Å². The van der Waals surface area contributed by atoms with Crippen LogP contribution in [0.25, 0.3) is 10.9 Å². The van der Waals surface area contributed by atoms with Crippen LogP contribution in [0.4, 0.5) is 31.9 Å². The lowest BCUT2D eigenvalue weighted by molar-refractivity contribution is -0.137. The van der Waals surface area contributed by atoms with Crippen LogP contribution in [-0.2, 0) is 20.9 Å². The average Bonchev–Trinajstić information content (AvgIpc) is 3.62. The fourth-order valence-corrected chi connectivity index (χ4v) is 10.6. The molecule has 19 heteroatoms. The van der Waals surface area contributed by atoms with Gasteiger partial charge in [-0.1, -0.05) is 11.6 Å². The number of piperidine rings is 4. The third kappa shape index (κ3) is 8.88. The Labute approximate surface area is 386 Å². The zero-order valence-electron chi connectivity index (χ0n) is 37.4. The highest BCUT2D eigenvalue weighted by atomic mass is 35.5. The Hall–Kier alpha value is -5.88. The van der Waals surface area contributed by atoms with E-state index in [2.05, 4.69) is 25.8 Å². The van der Waals surface area contributed by atoms with Gasteiger partial charge in [0.1, 0.15) is 22.6 Å². The number of amides is 4. The number of carbonyl (C=O) groups is 4. The predicted molar refractivity (Wildman–Crippen MR) is 246 cm³/mol. The Kier molecular flexibility index (Phi) is 12.4. The third-order valence-electron chi connectivity index (χ3n) is 14.3. The lowest BCUT2D eigenvalue weighted by Crippen LogP contribution is -2.52. The van der Waals surface area contributed by atoms with E-state index in [-0.39, 0.29) is 72.3 Å². The number of imide groups is 1. The third-order valence-corrected chi connectivity index (χ3v) is 14.6. The van der Waals surface area contributed by atoms with Gasteiger partial charge in [0.2, 0.25) is 17.8 Å². The number of halogens is 3. The number of pyridine rings is 1. The lowest BCUT2D eigenvalue weighted by atomic mass is 9.71. The summed E-state index contributed by atoms with van der Waals surface area (Å²) in [5.41, 5.74) is 1.16. The maximum atomic E-state index is 16.6. The summed E-state index contributed by atoms with van der Waals surface area (Å²) in [5.74, 6) is -1.03. The van der Waals surface area contributed by atoms with E-state index in [1.54, 1.807) is 10.6 Å². The van der Waals surface area contributed by atoms with Gasteiger partial charge < -0.3 is 39.5 Å². The van der Waals surface area contributed by atoms with Crippen LogP contribution in [0, 0.1) is 11.2 Å². The number of anilines is 4. The smallest absolute Gasteiger partial charge is 0.293 e. The van der Waals surface area contributed by atoms with Crippen LogP contribution in [0.5, 0.6) is 5.75 Å². The predicted octanol–water partition coefficient (Wildman–Crippen LogP) is 5.49. The molecule has 4 saturated heterocycles. The van der Waals surface area contributed by atoms with Gasteiger partial charge in [-0.3, -0.25) is 29.3 Å². The molecule has 1 atom stereocenters. The van der Waals surface area contributed by atoms with Gasteiger partial charge in [-0.25, -0.2) is 13.8 Å². The molecule has 1 spiro atoms. The van der Waals surface area contributed by atoms with Crippen LogP contribution in [-0.4, -0.2) is 119 Å². The molecule has 1 unspecified atom stereocenters. The standard InChI is InChI=1S/C47H55ClF2N10O6/c1-28(2)60-35-7-4-30(22-29(35)23-37(44(60)65)66-26-39(62)51-3)53-41-33(48)24-52-45(55-41)58-20-14-47(50,15-21-58)27-56-16-10-46(11-17-56)12-18-57(19-13-46)40-32-25-59(36-8-9-38(61)54-42(36)63)43(64)31(32)5-6-34(40)49/h4-7,22-24,28,36H,8-21,25-27H2,1-3H3,(H,51,62)(H,52,53,55)(H,54,61,63). The molecule has 2 aromatic heterocycles. The molecule has 4 amide bonds. The van der Waals surface area contributed by atoms with Crippen LogP contribution in [0.2, 0.25) is 5.02 Å². The largest absolute Gasteiger partial charge is 0.478 e. The average molecular weight is 929 g/mol. The van der Waals surface area contributed by atoms with Gasteiger partial charge in [-0.05, 0) is 101 Å². The molecule has 66 heavy (non-hydrogen) atoms. The molecule has 9 rings (SSSR count). The monoisotopic (exact) mass is 928 g/mol. The van der Waals surface area contributed by atoms with Gasteiger partial charge in [0.25, 0.3) is 17.4 Å². The first-order valence-corrected chi connectivity index (χ1v) is 23.2. The molecule has 350 valence electrons. The first kappa shape index (κ1) is 45.3. The van der Waals surface area contributed by atoms with Gasteiger partial charge in [0, 0.05) is 93.8 Å². The van der Waals surface area contributed by atoms with E-state index in [1.807, 2.05) is 41.8 Å². The normalized spacial score (nSPS) is 20.8. The number of benzene rings is 2. The zero-order chi connectivity index (χ0) is 46.5. The van der Waals surface area contributed by atoms with Crippen molar-refractivity contribution >= 4 is 69.3 Å². The van der Waals surface area contributed by atoms with Crippen molar-refractivity contribution in [3.63, 3.8) is 0 Å². The van der Waals surface area contributed by atoms with Crippen molar-refractivity contribution in [2.45, 2.75) is 89.5 Å². The highest BCUT2D eigenvalue weighted by Gasteiger charge is 2.44. The second-order valence-electron chi connectivity index (χ2n) is 18.7. The van der Waals surface area contributed by atoms with Crippen LogP contribution in [0.3, 0.4) is 0 Å². The second kappa shape index (κ2) is 18.1. The fourth-order valence-electron chi connectivity index (χ4n) is 10.5. The summed E-state index contributed by atoms with van der Waals surface area (Å²) >= 11 is 6.59. The van der Waals surface area contributed by atoms with E-state index < -0.39 is 17.6 Å². The van der Waals surface area contributed by atoms with E-state index in [9.17, 15) is 24.0 Å². The summed E-state index contributed by atoms with van der Waals surface area (Å²) in [4.78, 5) is 79.9. The highest BCUT2D eigenvalue weighted by Crippen LogP contribution is 2.45. The number of hydrogen-bond donors (Lipinski definition) is 3. The SMILES string of the molecule is CNC(=O)COc1cc2cc(Nc3nc(N4CCC(F)(CN5CCC6(CC5)CCN(c5c(F)ccc7c5CN(C5CCC(=O)NC5=O)C7=O)CC6)CC4)ncc3Cl)ccc2n(C(C)C)c1=O. The lowest BCUT2D eigenvalue weighted by Gasteiger charge is -2.49.